The molecular formula is C24H24N4O4S. The van der Waals surface area contributed by atoms with Crippen molar-refractivity contribution in [2.45, 2.75) is 25.0 Å². The Labute approximate surface area is 195 Å². The highest BCUT2D eigenvalue weighted by atomic mass is 32.2. The summed E-state index contributed by atoms with van der Waals surface area (Å²) >= 11 is 0.990. The van der Waals surface area contributed by atoms with Crippen molar-refractivity contribution in [3.63, 3.8) is 0 Å². The van der Waals surface area contributed by atoms with Gasteiger partial charge in [0.25, 0.3) is 0 Å². The molecule has 2 heterocycles. The first-order chi connectivity index (χ1) is 15.9. The fourth-order valence-electron chi connectivity index (χ4n) is 3.51. The van der Waals surface area contributed by atoms with Gasteiger partial charge in [-0.1, -0.05) is 18.2 Å². The Bertz CT molecular complexity index is 1320. The normalized spacial score (nSPS) is 11.8. The minimum atomic E-state index is -1.05. The molecule has 8 nitrogen and oxygen atoms in total. The number of ether oxygens (including phenoxy) is 2. The molecule has 0 aliphatic heterocycles. The molecule has 4 aromatic rings. The zero-order valence-corrected chi connectivity index (χ0v) is 19.5. The van der Waals surface area contributed by atoms with Gasteiger partial charge in [-0.05, 0) is 49.9 Å². The number of aromatic nitrogens is 4. The van der Waals surface area contributed by atoms with E-state index in [1.807, 2.05) is 30.5 Å². The number of benzene rings is 2. The predicted molar refractivity (Wildman–Crippen MR) is 129 cm³/mol. The van der Waals surface area contributed by atoms with Crippen LogP contribution in [0.2, 0.25) is 0 Å². The predicted octanol–water partition coefficient (Wildman–Crippen LogP) is 5.24. The summed E-state index contributed by atoms with van der Waals surface area (Å²) < 4.78 is 12.7. The third-order valence-electron chi connectivity index (χ3n) is 5.12. The number of hydrogen-bond acceptors (Lipinski definition) is 6. The zero-order chi connectivity index (χ0) is 23.5. The highest BCUT2D eigenvalue weighted by Gasteiger charge is 2.17. The van der Waals surface area contributed by atoms with Crippen LogP contribution in [-0.4, -0.2) is 45.0 Å². The van der Waals surface area contributed by atoms with E-state index in [9.17, 15) is 9.90 Å². The number of nitrogens with one attached hydrogen (secondary N) is 1. The van der Waals surface area contributed by atoms with Crippen LogP contribution >= 0.6 is 11.8 Å². The van der Waals surface area contributed by atoms with E-state index in [1.54, 1.807) is 38.5 Å². The van der Waals surface area contributed by atoms with Crippen LogP contribution in [0, 0.1) is 0 Å². The van der Waals surface area contributed by atoms with Crippen molar-refractivity contribution in [2.24, 2.45) is 0 Å². The average Bonchev–Trinajstić information content (AvgIpc) is 3.43. The fraction of sp³-hybridized carbons (Fsp3) is 0.208. The van der Waals surface area contributed by atoms with Gasteiger partial charge in [0, 0.05) is 40.3 Å². The Morgan fingerprint density at radius 3 is 2.48 bits per heavy atom. The Balaban J connectivity index is 1.68. The van der Waals surface area contributed by atoms with Crippen LogP contribution in [0.25, 0.3) is 28.4 Å². The van der Waals surface area contributed by atoms with E-state index in [2.05, 4.69) is 33.6 Å². The van der Waals surface area contributed by atoms with Gasteiger partial charge in [0.05, 0.1) is 14.2 Å². The number of carbonyl (C=O) groups is 1. The number of H-pyrrole nitrogens is 1. The maximum absolute atomic E-state index is 12.0. The number of nitrogens with zero attached hydrogens (tertiary/aromatic N) is 3. The van der Waals surface area contributed by atoms with Crippen molar-refractivity contribution in [3.8, 4) is 22.9 Å². The molecule has 0 spiro atoms. The lowest BCUT2D eigenvalue weighted by atomic mass is 10.1. The third-order valence-corrected chi connectivity index (χ3v) is 5.99. The topological polar surface area (TPSA) is 102 Å². The van der Waals surface area contributed by atoms with Gasteiger partial charge in [-0.3, -0.25) is 5.10 Å². The number of hydrogen-bond donors (Lipinski definition) is 2. The molecule has 0 amide bonds. The minimum absolute atomic E-state index is 0.121. The Morgan fingerprint density at radius 1 is 1.15 bits per heavy atom. The zero-order valence-electron chi connectivity index (χ0n) is 18.7. The molecule has 0 saturated heterocycles. The Kier molecular flexibility index (Phi) is 6.41. The number of methoxy groups -OCH3 is 2. The van der Waals surface area contributed by atoms with Gasteiger partial charge in [-0.2, -0.15) is 0 Å². The monoisotopic (exact) mass is 464 g/mol. The second-order valence-electron chi connectivity index (χ2n) is 7.59. The fourth-order valence-corrected chi connectivity index (χ4v) is 4.21. The van der Waals surface area contributed by atoms with Gasteiger partial charge < -0.3 is 19.1 Å². The van der Waals surface area contributed by atoms with Crippen molar-refractivity contribution in [2.75, 3.05) is 14.2 Å². The molecule has 2 N–H and O–H groups in total. The van der Waals surface area contributed by atoms with Crippen LogP contribution in [0.1, 0.15) is 25.5 Å². The molecule has 0 aliphatic carbocycles. The van der Waals surface area contributed by atoms with Gasteiger partial charge >= 0.3 is 5.97 Å². The first kappa shape index (κ1) is 22.5. The molecule has 0 bridgehead atoms. The van der Waals surface area contributed by atoms with Crippen molar-refractivity contribution < 1.29 is 19.4 Å². The smallest absolute Gasteiger partial charge is 0.342 e. The first-order valence-corrected chi connectivity index (χ1v) is 11.1. The number of fused-ring (bicyclic) bond motifs is 1. The first-order valence-electron chi connectivity index (χ1n) is 10.3. The van der Waals surface area contributed by atoms with E-state index in [4.69, 9.17) is 9.47 Å². The molecule has 0 saturated carbocycles. The van der Waals surface area contributed by atoms with Crippen molar-refractivity contribution in [1.82, 2.24) is 19.7 Å². The Hall–Kier alpha value is -3.72. The lowest BCUT2D eigenvalue weighted by Gasteiger charge is -2.08. The van der Waals surface area contributed by atoms with Gasteiger partial charge in [-0.15, -0.1) is 5.10 Å². The number of carboxylic acids is 1. The van der Waals surface area contributed by atoms with Crippen molar-refractivity contribution in [3.05, 3.63) is 59.1 Å². The van der Waals surface area contributed by atoms with Gasteiger partial charge in [-0.25, -0.2) is 9.78 Å². The van der Waals surface area contributed by atoms with E-state index < -0.39 is 5.97 Å². The van der Waals surface area contributed by atoms with Crippen LogP contribution in [0.4, 0.5) is 0 Å². The van der Waals surface area contributed by atoms with E-state index in [0.29, 0.717) is 28.0 Å². The van der Waals surface area contributed by atoms with Crippen molar-refractivity contribution >= 4 is 34.7 Å². The summed E-state index contributed by atoms with van der Waals surface area (Å²) in [5.74, 6) is 0.664. The second kappa shape index (κ2) is 9.41. The van der Waals surface area contributed by atoms with Gasteiger partial charge in [0.1, 0.15) is 16.4 Å². The molecule has 170 valence electrons. The van der Waals surface area contributed by atoms with E-state index in [0.717, 1.165) is 28.2 Å². The standard InChI is InChI=1S/C24H24N4O4S/c1-14(2)28-13-16(19-7-5-6-8-20(19)28)11-21(23(29)30)33-24-25-22(26-27-24)15-9-17(31-3)12-18(10-15)32-4/h5-14H,1-4H3,(H,29,30)(H,25,26,27)/b21-11-. The number of aliphatic carboxylic acids is 1. The summed E-state index contributed by atoms with van der Waals surface area (Å²) in [4.78, 5) is 16.6. The molecule has 2 aromatic heterocycles. The molecule has 0 atom stereocenters. The molecule has 0 radical (unpaired) electrons. The van der Waals surface area contributed by atoms with E-state index in [-0.39, 0.29) is 10.9 Å². The number of para-hydroxylation sites is 1. The summed E-state index contributed by atoms with van der Waals surface area (Å²) in [6.45, 7) is 4.19. The molecule has 0 fully saturated rings. The third kappa shape index (κ3) is 4.73. The number of thioether (sulfide) groups is 1. The van der Waals surface area contributed by atoms with Crippen LogP contribution in [-0.2, 0) is 4.79 Å². The minimum Gasteiger partial charge on any atom is -0.497 e. The SMILES string of the molecule is COc1cc(OC)cc(-c2nc(S/C(=C\c3cn(C(C)C)c4ccccc34)C(=O)O)n[nH]2)c1. The maximum Gasteiger partial charge on any atom is 0.342 e. The molecule has 2 aromatic carbocycles. The summed E-state index contributed by atoms with van der Waals surface area (Å²) in [5.41, 5.74) is 2.60. The van der Waals surface area contributed by atoms with Crippen LogP contribution in [0.3, 0.4) is 0 Å². The van der Waals surface area contributed by atoms with Gasteiger partial charge in [0.2, 0.25) is 5.16 Å². The average molecular weight is 465 g/mol. The van der Waals surface area contributed by atoms with E-state index >= 15 is 0 Å². The van der Waals surface area contributed by atoms with Crippen LogP contribution in [0.5, 0.6) is 11.5 Å². The summed E-state index contributed by atoms with van der Waals surface area (Å²) in [6, 6.07) is 13.5. The van der Waals surface area contributed by atoms with Crippen molar-refractivity contribution in [1.29, 1.82) is 0 Å². The molecular weight excluding hydrogens is 440 g/mol. The number of rotatable bonds is 8. The lowest BCUT2D eigenvalue weighted by Crippen LogP contribution is -1.98. The summed E-state index contributed by atoms with van der Waals surface area (Å²) in [5, 5.41) is 18.2. The molecule has 9 heteroatoms. The van der Waals surface area contributed by atoms with Gasteiger partial charge in [0.15, 0.2) is 5.82 Å². The molecule has 33 heavy (non-hydrogen) atoms. The van der Waals surface area contributed by atoms with E-state index in [1.165, 1.54) is 0 Å². The van der Waals surface area contributed by atoms with Crippen LogP contribution < -0.4 is 9.47 Å². The maximum atomic E-state index is 12.0. The highest BCUT2D eigenvalue weighted by molar-refractivity contribution is 8.04. The summed E-state index contributed by atoms with van der Waals surface area (Å²) in [7, 11) is 3.14. The molecule has 0 aliphatic rings. The lowest BCUT2D eigenvalue weighted by molar-refractivity contribution is -0.131. The number of carboxylic acid groups (broad SMARTS) is 1. The quantitative estimate of drug-likeness (QED) is 0.271. The Morgan fingerprint density at radius 2 is 1.85 bits per heavy atom. The number of aromatic amines is 1. The summed E-state index contributed by atoms with van der Waals surface area (Å²) in [6.07, 6.45) is 3.64. The molecule has 0 unspecified atom stereocenters. The highest BCUT2D eigenvalue weighted by Crippen LogP contribution is 2.33. The second-order valence-corrected chi connectivity index (χ2v) is 8.60. The largest absolute Gasteiger partial charge is 0.497 e. The molecule has 4 rings (SSSR count). The van der Waals surface area contributed by atoms with Crippen LogP contribution in [0.15, 0.2) is 58.7 Å².